The summed E-state index contributed by atoms with van der Waals surface area (Å²) in [7, 11) is 0. The van der Waals surface area contributed by atoms with Gasteiger partial charge in [0.25, 0.3) is 23.2 Å². The van der Waals surface area contributed by atoms with Crippen molar-refractivity contribution in [2.75, 3.05) is 31.1 Å². The van der Waals surface area contributed by atoms with Gasteiger partial charge >= 0.3 is 0 Å². The molecule has 0 radical (unpaired) electrons. The Morgan fingerprint density at radius 3 is 1.56 bits per heavy atom. The molecule has 2 heterocycles. The zero-order chi connectivity index (χ0) is 32.2. The molecule has 3 rings (SSSR count). The van der Waals surface area contributed by atoms with Crippen LogP contribution in [0.5, 0.6) is 0 Å². The molecule has 2 aliphatic heterocycles. The van der Waals surface area contributed by atoms with E-state index in [1.165, 1.54) is 4.90 Å². The molecule has 10 N–H and O–H groups in total. The number of hydrogen-bond donors (Lipinski definition) is 10. The summed E-state index contributed by atoms with van der Waals surface area (Å²) in [6.07, 6.45) is -19.0. The molecule has 0 saturated carbocycles. The van der Waals surface area contributed by atoms with Crippen LogP contribution in [0, 0.1) is 20.2 Å². The van der Waals surface area contributed by atoms with E-state index in [0.29, 0.717) is 6.07 Å². The summed E-state index contributed by atoms with van der Waals surface area (Å²) in [6, 6.07) is 2.73. The van der Waals surface area contributed by atoms with Gasteiger partial charge in [0, 0.05) is 32.2 Å². The van der Waals surface area contributed by atoms with E-state index in [9.17, 15) is 70.7 Å². The summed E-state index contributed by atoms with van der Waals surface area (Å²) in [5.41, 5.74) is -1.48. The number of carbonyl (C=O) groups is 2. The van der Waals surface area contributed by atoms with Crippen molar-refractivity contribution >= 4 is 28.9 Å². The molecule has 2 unspecified atom stereocenters. The highest BCUT2D eigenvalue weighted by Gasteiger charge is 2.47. The third-order valence-corrected chi connectivity index (χ3v) is 6.76. The van der Waals surface area contributed by atoms with Gasteiger partial charge in [0.1, 0.15) is 42.3 Å². The van der Waals surface area contributed by atoms with Gasteiger partial charge < -0.3 is 65.9 Å². The van der Waals surface area contributed by atoms with E-state index < -0.39 is 94.4 Å². The zero-order valence-electron chi connectivity index (χ0n) is 22.0. The highest BCUT2D eigenvalue weighted by molar-refractivity contribution is 5.82. The van der Waals surface area contributed by atoms with Crippen molar-refractivity contribution in [2.24, 2.45) is 0 Å². The maximum absolute atomic E-state index is 12.5. The first kappa shape index (κ1) is 33.9. The second-order valence-electron chi connectivity index (χ2n) is 9.59. The number of carbonyl (C=O) groups excluding carboxylic acids is 2. The minimum absolute atomic E-state index is 0.176. The van der Waals surface area contributed by atoms with E-state index in [2.05, 4.69) is 10.6 Å². The maximum atomic E-state index is 12.5. The van der Waals surface area contributed by atoms with Gasteiger partial charge in [0.05, 0.1) is 15.9 Å². The Labute approximate surface area is 240 Å². The van der Waals surface area contributed by atoms with Gasteiger partial charge in [-0.2, -0.15) is 0 Å². The van der Waals surface area contributed by atoms with Crippen molar-refractivity contribution in [3.8, 4) is 0 Å². The zero-order valence-corrected chi connectivity index (χ0v) is 22.0. The highest BCUT2D eigenvalue weighted by atomic mass is 16.7. The molecule has 240 valence electrons. The molecule has 0 aromatic heterocycles. The summed E-state index contributed by atoms with van der Waals surface area (Å²) in [6.45, 7) is -1.18. The maximum Gasteiger partial charge on any atom is 0.299 e. The molecule has 43 heavy (non-hydrogen) atoms. The van der Waals surface area contributed by atoms with Gasteiger partial charge in [-0.05, 0) is 6.07 Å². The molecule has 1 aromatic rings. The van der Waals surface area contributed by atoms with Gasteiger partial charge in [-0.15, -0.1) is 0 Å². The van der Waals surface area contributed by atoms with E-state index in [1.807, 2.05) is 0 Å². The summed E-state index contributed by atoms with van der Waals surface area (Å²) in [5, 5.41) is 106. The quantitative estimate of drug-likeness (QED) is 0.0812. The Morgan fingerprint density at radius 1 is 0.721 bits per heavy atom. The van der Waals surface area contributed by atoms with Crippen LogP contribution in [0.1, 0.15) is 0 Å². The van der Waals surface area contributed by atoms with Crippen molar-refractivity contribution in [1.82, 2.24) is 10.6 Å². The largest absolute Gasteiger partial charge is 0.387 e. The molecule has 0 bridgehead atoms. The fraction of sp³-hybridized carbons (Fsp3) is 0.636. The first-order valence-corrected chi connectivity index (χ1v) is 12.6. The van der Waals surface area contributed by atoms with Crippen LogP contribution >= 0.6 is 0 Å². The lowest BCUT2D eigenvalue weighted by molar-refractivity contribution is -0.393. The third-order valence-electron chi connectivity index (χ3n) is 6.76. The normalized spacial score (nSPS) is 32.5. The lowest BCUT2D eigenvalue weighted by Gasteiger charge is -2.37. The predicted molar refractivity (Wildman–Crippen MR) is 136 cm³/mol. The van der Waals surface area contributed by atoms with Crippen LogP contribution in [0.4, 0.5) is 17.1 Å². The Hall–Kier alpha value is -3.64. The van der Waals surface area contributed by atoms with Crippen molar-refractivity contribution in [3.05, 3.63) is 38.4 Å². The summed E-state index contributed by atoms with van der Waals surface area (Å²) in [5.74, 6) is -2.07. The molecule has 2 amide bonds. The van der Waals surface area contributed by atoms with Crippen LogP contribution in [0.25, 0.3) is 0 Å². The molecular formula is C22H31N5O16. The molecule has 2 aliphatic rings. The molecule has 21 heteroatoms. The van der Waals surface area contributed by atoms with E-state index in [4.69, 9.17) is 9.47 Å². The van der Waals surface area contributed by atoms with Crippen LogP contribution < -0.4 is 15.5 Å². The average Bonchev–Trinajstić information content (AvgIpc) is 2.97. The van der Waals surface area contributed by atoms with E-state index >= 15 is 0 Å². The van der Waals surface area contributed by atoms with Gasteiger partial charge in [-0.3, -0.25) is 29.8 Å². The van der Waals surface area contributed by atoms with Crippen molar-refractivity contribution in [1.29, 1.82) is 0 Å². The third kappa shape index (κ3) is 7.66. The molecule has 1 aromatic carbocycles. The van der Waals surface area contributed by atoms with Gasteiger partial charge in [0.15, 0.2) is 24.8 Å². The molecular weight excluding hydrogens is 590 g/mol. The fourth-order valence-electron chi connectivity index (χ4n) is 4.38. The van der Waals surface area contributed by atoms with Gasteiger partial charge in [0.2, 0.25) is 0 Å². The summed E-state index contributed by atoms with van der Waals surface area (Å²) >= 11 is 0. The molecule has 2 fully saturated rings. The number of benzene rings is 1. The molecule has 21 nitrogen and oxygen atoms in total. The van der Waals surface area contributed by atoms with Crippen molar-refractivity contribution in [3.63, 3.8) is 0 Å². The molecule has 10 atom stereocenters. The second kappa shape index (κ2) is 14.2. The van der Waals surface area contributed by atoms with E-state index in [0.717, 1.165) is 12.1 Å². The van der Waals surface area contributed by atoms with Crippen LogP contribution in [-0.2, 0) is 19.1 Å². The van der Waals surface area contributed by atoms with Crippen molar-refractivity contribution < 1.29 is 69.8 Å². The predicted octanol–water partition coefficient (Wildman–Crippen LogP) is -5.86. The number of nitrogens with one attached hydrogen (secondary N) is 2. The lowest BCUT2D eigenvalue weighted by atomic mass is 9.98. The van der Waals surface area contributed by atoms with E-state index in [-0.39, 0.29) is 31.9 Å². The van der Waals surface area contributed by atoms with Crippen LogP contribution in [0.2, 0.25) is 0 Å². The van der Waals surface area contributed by atoms with Crippen LogP contribution in [-0.4, -0.2) is 150 Å². The minimum atomic E-state index is -1.99. The number of aliphatic hydroxyl groups excluding tert-OH is 8. The second-order valence-corrected chi connectivity index (χ2v) is 9.59. The first-order chi connectivity index (χ1) is 20.1. The van der Waals surface area contributed by atoms with Crippen molar-refractivity contribution in [2.45, 2.75) is 61.4 Å². The number of nitro benzene ring substituents is 2. The first-order valence-electron chi connectivity index (χ1n) is 12.6. The van der Waals surface area contributed by atoms with Gasteiger partial charge in [-0.25, -0.2) is 0 Å². The Bertz CT molecular complexity index is 1140. The topological polar surface area (TPSA) is 328 Å². The number of ether oxygens (including phenoxy) is 2. The fourth-order valence-corrected chi connectivity index (χ4v) is 4.38. The standard InChI is InChI=1S/C22H31N5O16/c28-11-13(30)17(42-21(36)15(11)32)19(34)23-3-5-25(9-2-1-8(26(38)39)7-10(9)27(40)41)6-4-24-20(35)18-14(31)12(29)16(33)22(37)43-18/h1-2,7,11-18,21-22,28-33,36-37H,3-6H2,(H,23,34)(H,24,35)/t11-,12-,13-,14-,15+,16+,17-,18-,21?,22?/m0/s1. The minimum Gasteiger partial charge on any atom is -0.387 e. The van der Waals surface area contributed by atoms with Crippen LogP contribution in [0.15, 0.2) is 18.2 Å². The van der Waals surface area contributed by atoms with Crippen LogP contribution in [0.3, 0.4) is 0 Å². The number of nitro groups is 2. The molecule has 0 aliphatic carbocycles. The average molecular weight is 622 g/mol. The SMILES string of the molecule is O=C(NCCN(CCNC(=O)[C@H]1OC(O)[C@H](O)[C@@H](O)[C@@H]1O)c1ccc([N+](=O)[O-])cc1[N+](=O)[O-])[C@H]1OC(O)[C@H](O)[C@@H](O)[C@@H]1O. The number of hydrogen-bond acceptors (Lipinski definition) is 17. The Morgan fingerprint density at radius 2 is 1.16 bits per heavy atom. The highest BCUT2D eigenvalue weighted by Crippen LogP contribution is 2.32. The molecule has 2 saturated heterocycles. The van der Waals surface area contributed by atoms with Gasteiger partial charge in [-0.1, -0.05) is 0 Å². The number of anilines is 1. The Balaban J connectivity index is 1.73. The number of non-ortho nitro benzene ring substituents is 1. The number of aliphatic hydroxyl groups is 8. The lowest BCUT2D eigenvalue weighted by Crippen LogP contribution is -2.62. The smallest absolute Gasteiger partial charge is 0.299 e. The Kier molecular flexibility index (Phi) is 11.2. The number of amides is 2. The number of nitrogens with zero attached hydrogens (tertiary/aromatic N) is 3. The number of rotatable bonds is 11. The van der Waals surface area contributed by atoms with E-state index in [1.54, 1.807) is 0 Å². The monoisotopic (exact) mass is 621 g/mol. The summed E-state index contributed by atoms with van der Waals surface area (Å²) in [4.78, 5) is 47.4. The molecule has 0 spiro atoms. The summed E-state index contributed by atoms with van der Waals surface area (Å²) < 4.78 is 9.67.